The quantitative estimate of drug-likeness (QED) is 0.646. The van der Waals surface area contributed by atoms with Gasteiger partial charge in [-0.1, -0.05) is 6.92 Å². The Balaban J connectivity index is 1.65. The molecule has 144 valence electrons. The first-order valence-corrected chi connectivity index (χ1v) is 10.8. The van der Waals surface area contributed by atoms with Crippen molar-refractivity contribution in [2.45, 2.75) is 50.6 Å². The van der Waals surface area contributed by atoms with Crippen LogP contribution in [0.1, 0.15) is 38.6 Å². The summed E-state index contributed by atoms with van der Waals surface area (Å²) in [6, 6.07) is 3.88. The molecule has 0 radical (unpaired) electrons. The van der Waals surface area contributed by atoms with E-state index in [0.29, 0.717) is 19.6 Å². The standard InChI is InChI=1S/C18H24N6O2S/c1-3-6-17-21-16-7-5-9-19-18(16)24(17)14-8-10-23(12-14)27(25,26)15-11-20-22(4-2)13-15/h5,7,9,11,13-14H,3-4,6,8,10,12H2,1-2H3/t14-/m1/s1. The molecule has 1 atom stereocenters. The van der Waals surface area contributed by atoms with E-state index < -0.39 is 10.0 Å². The van der Waals surface area contributed by atoms with Crippen molar-refractivity contribution in [3.05, 3.63) is 36.5 Å². The van der Waals surface area contributed by atoms with Crippen LogP contribution in [0.2, 0.25) is 0 Å². The summed E-state index contributed by atoms with van der Waals surface area (Å²) in [5.41, 5.74) is 1.70. The molecule has 0 amide bonds. The smallest absolute Gasteiger partial charge is 0.246 e. The third-order valence-electron chi connectivity index (χ3n) is 5.06. The Morgan fingerprint density at radius 3 is 2.89 bits per heavy atom. The van der Waals surface area contributed by atoms with Gasteiger partial charge < -0.3 is 4.57 Å². The minimum absolute atomic E-state index is 0.0439. The molecule has 1 saturated heterocycles. The summed E-state index contributed by atoms with van der Waals surface area (Å²) in [5, 5.41) is 4.11. The van der Waals surface area contributed by atoms with Crippen molar-refractivity contribution in [3.63, 3.8) is 0 Å². The second-order valence-electron chi connectivity index (χ2n) is 6.83. The topological polar surface area (TPSA) is 85.9 Å². The predicted octanol–water partition coefficient (Wildman–Crippen LogP) is 2.24. The van der Waals surface area contributed by atoms with Crippen molar-refractivity contribution in [1.82, 2.24) is 28.6 Å². The van der Waals surface area contributed by atoms with Gasteiger partial charge in [0.1, 0.15) is 16.2 Å². The van der Waals surface area contributed by atoms with Gasteiger partial charge in [-0.2, -0.15) is 9.40 Å². The lowest BCUT2D eigenvalue weighted by atomic mass is 10.2. The highest BCUT2D eigenvalue weighted by molar-refractivity contribution is 7.89. The lowest BCUT2D eigenvalue weighted by Gasteiger charge is -2.18. The molecule has 0 saturated carbocycles. The highest BCUT2D eigenvalue weighted by atomic mass is 32.2. The van der Waals surface area contributed by atoms with Gasteiger partial charge in [-0.15, -0.1) is 0 Å². The monoisotopic (exact) mass is 388 g/mol. The molecule has 0 unspecified atom stereocenters. The fourth-order valence-electron chi connectivity index (χ4n) is 3.70. The normalized spacial score (nSPS) is 18.5. The van der Waals surface area contributed by atoms with E-state index in [1.165, 1.54) is 6.20 Å². The van der Waals surface area contributed by atoms with Crippen molar-refractivity contribution in [2.24, 2.45) is 0 Å². The van der Waals surface area contributed by atoms with Crippen LogP contribution in [0.25, 0.3) is 11.2 Å². The minimum Gasteiger partial charge on any atom is -0.308 e. The molecule has 1 aliphatic rings. The average molecular weight is 388 g/mol. The van der Waals surface area contributed by atoms with Crippen molar-refractivity contribution in [1.29, 1.82) is 0 Å². The number of nitrogens with zero attached hydrogens (tertiary/aromatic N) is 6. The maximum Gasteiger partial charge on any atom is 0.246 e. The first-order chi connectivity index (χ1) is 13.0. The highest BCUT2D eigenvalue weighted by Crippen LogP contribution is 2.31. The van der Waals surface area contributed by atoms with Crippen LogP contribution in [-0.4, -0.2) is 50.1 Å². The summed E-state index contributed by atoms with van der Waals surface area (Å²) in [7, 11) is -3.53. The zero-order chi connectivity index (χ0) is 19.0. The lowest BCUT2D eigenvalue weighted by Crippen LogP contribution is -2.29. The molecule has 27 heavy (non-hydrogen) atoms. The van der Waals surface area contributed by atoms with Gasteiger partial charge in [-0.25, -0.2) is 18.4 Å². The maximum absolute atomic E-state index is 13.0. The molecule has 4 heterocycles. The summed E-state index contributed by atoms with van der Waals surface area (Å²) >= 11 is 0. The van der Waals surface area contributed by atoms with Crippen LogP contribution in [0.15, 0.2) is 35.6 Å². The second-order valence-corrected chi connectivity index (χ2v) is 8.77. The van der Waals surface area contributed by atoms with Gasteiger partial charge in [0.25, 0.3) is 0 Å². The van der Waals surface area contributed by atoms with Crippen molar-refractivity contribution in [2.75, 3.05) is 13.1 Å². The largest absolute Gasteiger partial charge is 0.308 e. The number of fused-ring (bicyclic) bond motifs is 1. The van der Waals surface area contributed by atoms with Crippen molar-refractivity contribution >= 4 is 21.2 Å². The number of aromatic nitrogens is 5. The van der Waals surface area contributed by atoms with Crippen LogP contribution in [0.3, 0.4) is 0 Å². The molecule has 3 aromatic heterocycles. The van der Waals surface area contributed by atoms with Crippen LogP contribution in [0.4, 0.5) is 0 Å². The highest BCUT2D eigenvalue weighted by Gasteiger charge is 2.35. The Morgan fingerprint density at radius 2 is 2.15 bits per heavy atom. The van der Waals surface area contributed by atoms with E-state index >= 15 is 0 Å². The van der Waals surface area contributed by atoms with E-state index in [2.05, 4.69) is 21.6 Å². The molecule has 0 aromatic carbocycles. The molecular formula is C18H24N6O2S. The molecule has 1 aliphatic heterocycles. The van der Waals surface area contributed by atoms with Gasteiger partial charge in [0.2, 0.25) is 10.0 Å². The van der Waals surface area contributed by atoms with Crippen molar-refractivity contribution < 1.29 is 8.42 Å². The fourth-order valence-corrected chi connectivity index (χ4v) is 5.15. The Labute approximate surface area is 158 Å². The lowest BCUT2D eigenvalue weighted by molar-refractivity contribution is 0.449. The molecule has 1 fully saturated rings. The number of sulfonamides is 1. The van der Waals surface area contributed by atoms with E-state index in [4.69, 9.17) is 4.98 Å². The fraction of sp³-hybridized carbons (Fsp3) is 0.500. The second kappa shape index (κ2) is 7.05. The van der Waals surface area contributed by atoms with E-state index in [-0.39, 0.29) is 10.9 Å². The van der Waals surface area contributed by atoms with E-state index in [9.17, 15) is 8.42 Å². The zero-order valence-corrected chi connectivity index (χ0v) is 16.4. The van der Waals surface area contributed by atoms with Gasteiger partial charge in [0.15, 0.2) is 5.65 Å². The Kier molecular flexibility index (Phi) is 4.73. The molecule has 0 N–H and O–H groups in total. The summed E-state index contributed by atoms with van der Waals surface area (Å²) in [6.07, 6.45) is 7.37. The van der Waals surface area contributed by atoms with E-state index in [0.717, 1.165) is 36.3 Å². The van der Waals surface area contributed by atoms with Crippen molar-refractivity contribution in [3.8, 4) is 0 Å². The van der Waals surface area contributed by atoms with Crippen LogP contribution in [0.5, 0.6) is 0 Å². The van der Waals surface area contributed by atoms with Gasteiger partial charge in [-0.3, -0.25) is 4.68 Å². The number of aryl methyl sites for hydroxylation is 2. The first-order valence-electron chi connectivity index (χ1n) is 9.39. The summed E-state index contributed by atoms with van der Waals surface area (Å²) in [4.78, 5) is 9.49. The molecule has 4 rings (SSSR count). The zero-order valence-electron chi connectivity index (χ0n) is 15.6. The van der Waals surface area contributed by atoms with Crippen LogP contribution in [0, 0.1) is 0 Å². The van der Waals surface area contributed by atoms with Crippen LogP contribution in [-0.2, 0) is 23.0 Å². The van der Waals surface area contributed by atoms with Crippen LogP contribution < -0.4 is 0 Å². The van der Waals surface area contributed by atoms with E-state index in [1.807, 2.05) is 19.1 Å². The third kappa shape index (κ3) is 3.14. The number of imidazole rings is 1. The predicted molar refractivity (Wildman–Crippen MR) is 102 cm³/mol. The Hall–Kier alpha value is -2.26. The summed E-state index contributed by atoms with van der Waals surface area (Å²) < 4.78 is 31.3. The number of hydrogen-bond acceptors (Lipinski definition) is 5. The maximum atomic E-state index is 13.0. The first kappa shape index (κ1) is 18.1. The number of rotatable bonds is 6. The third-order valence-corrected chi connectivity index (χ3v) is 6.88. The average Bonchev–Trinajstić information content (AvgIpc) is 3.39. The SMILES string of the molecule is CCCc1nc2cccnc2n1[C@@H]1CCN(S(=O)(=O)c2cnn(CC)c2)C1. The Morgan fingerprint density at radius 1 is 1.30 bits per heavy atom. The van der Waals surface area contributed by atoms with Crippen LogP contribution >= 0.6 is 0 Å². The molecule has 3 aromatic rings. The minimum atomic E-state index is -3.53. The van der Waals surface area contributed by atoms with Gasteiger partial charge >= 0.3 is 0 Å². The van der Waals surface area contributed by atoms with Gasteiger partial charge in [0.05, 0.1) is 12.2 Å². The molecule has 9 heteroatoms. The number of pyridine rings is 1. The molecule has 0 spiro atoms. The summed E-state index contributed by atoms with van der Waals surface area (Å²) in [6.45, 7) is 5.61. The molecule has 8 nitrogen and oxygen atoms in total. The molecule has 0 aliphatic carbocycles. The Bertz CT molecular complexity index is 1050. The number of hydrogen-bond donors (Lipinski definition) is 0. The van der Waals surface area contributed by atoms with Gasteiger partial charge in [0, 0.05) is 38.4 Å². The molecule has 0 bridgehead atoms. The van der Waals surface area contributed by atoms with E-state index in [1.54, 1.807) is 21.4 Å². The molecular weight excluding hydrogens is 364 g/mol. The van der Waals surface area contributed by atoms with Gasteiger partial charge in [-0.05, 0) is 31.9 Å². The summed E-state index contributed by atoms with van der Waals surface area (Å²) in [5.74, 6) is 0.981.